The molecule has 5 nitrogen and oxygen atoms in total. The number of urea groups is 1. The number of nitrogens with zero attached hydrogens (tertiary/aromatic N) is 1. The summed E-state index contributed by atoms with van der Waals surface area (Å²) >= 11 is 0. The Hall–Kier alpha value is -1.75. The third-order valence-corrected chi connectivity index (χ3v) is 4.32. The molecule has 1 atom stereocenters. The predicted octanol–water partition coefficient (Wildman–Crippen LogP) is 2.45. The Bertz CT molecular complexity index is 533. The molecule has 122 valence electrons. The van der Waals surface area contributed by atoms with Crippen LogP contribution in [0.2, 0.25) is 0 Å². The van der Waals surface area contributed by atoms with Crippen LogP contribution in [-0.4, -0.2) is 41.3 Å². The average Bonchev–Trinajstić information content (AvgIpc) is 2.90. The Kier molecular flexibility index (Phi) is 5.29. The van der Waals surface area contributed by atoms with Crippen molar-refractivity contribution in [2.75, 3.05) is 19.8 Å². The number of likely N-dealkylation sites (tertiary alicyclic amines) is 1. The maximum atomic E-state index is 12.3. The minimum absolute atomic E-state index is 0.00256. The number of rotatable bonds is 5. The molecule has 0 aliphatic carbocycles. The molecule has 0 spiro atoms. The molecule has 2 rings (SSSR count). The van der Waals surface area contributed by atoms with Crippen LogP contribution in [0.5, 0.6) is 5.75 Å². The van der Waals surface area contributed by atoms with E-state index in [2.05, 4.69) is 5.32 Å². The Morgan fingerprint density at radius 3 is 2.91 bits per heavy atom. The number of aliphatic hydroxyl groups excluding tert-OH is 1. The van der Waals surface area contributed by atoms with Gasteiger partial charge < -0.3 is 20.1 Å². The van der Waals surface area contributed by atoms with Crippen LogP contribution in [0.15, 0.2) is 18.2 Å². The fraction of sp³-hybridized carbons (Fsp3) is 0.588. The summed E-state index contributed by atoms with van der Waals surface area (Å²) in [5.74, 6) is 0.880. The molecule has 0 radical (unpaired) electrons. The Labute approximate surface area is 132 Å². The molecular formula is C17H26N2O3. The van der Waals surface area contributed by atoms with E-state index in [0.29, 0.717) is 19.7 Å². The van der Waals surface area contributed by atoms with Crippen LogP contribution in [0.25, 0.3) is 0 Å². The monoisotopic (exact) mass is 306 g/mol. The number of amides is 2. The minimum Gasteiger partial charge on any atom is -0.494 e. The SMILES string of the molecule is CCOc1ccc(CNC(=O)N2CCCC2(C)CO)cc1C. The first-order valence-electron chi connectivity index (χ1n) is 7.89. The highest BCUT2D eigenvalue weighted by Crippen LogP contribution is 2.28. The van der Waals surface area contributed by atoms with E-state index in [1.54, 1.807) is 4.90 Å². The molecule has 1 aromatic carbocycles. The van der Waals surface area contributed by atoms with Gasteiger partial charge in [0.1, 0.15) is 5.75 Å². The lowest BCUT2D eigenvalue weighted by atomic mass is 10.0. The molecule has 1 heterocycles. The first-order chi connectivity index (χ1) is 10.5. The smallest absolute Gasteiger partial charge is 0.318 e. The standard InChI is InChI=1S/C17H26N2O3/c1-4-22-15-7-6-14(10-13(15)2)11-18-16(21)19-9-5-8-17(19,3)12-20/h6-7,10,20H,4-5,8-9,11-12H2,1-3H3,(H,18,21). The van der Waals surface area contributed by atoms with Gasteiger partial charge >= 0.3 is 6.03 Å². The predicted molar refractivity (Wildman–Crippen MR) is 86.0 cm³/mol. The molecule has 22 heavy (non-hydrogen) atoms. The van der Waals surface area contributed by atoms with Crippen molar-refractivity contribution >= 4 is 6.03 Å². The fourth-order valence-corrected chi connectivity index (χ4v) is 2.95. The first kappa shape index (κ1) is 16.6. The highest BCUT2D eigenvalue weighted by Gasteiger charge is 2.38. The lowest BCUT2D eigenvalue weighted by Gasteiger charge is -2.33. The van der Waals surface area contributed by atoms with Crippen molar-refractivity contribution in [1.29, 1.82) is 0 Å². The van der Waals surface area contributed by atoms with Gasteiger partial charge in [-0.3, -0.25) is 0 Å². The van der Waals surface area contributed by atoms with Gasteiger partial charge in [0.25, 0.3) is 0 Å². The summed E-state index contributed by atoms with van der Waals surface area (Å²) in [5, 5.41) is 12.5. The van der Waals surface area contributed by atoms with E-state index in [4.69, 9.17) is 4.74 Å². The van der Waals surface area contributed by atoms with Crippen LogP contribution < -0.4 is 10.1 Å². The van der Waals surface area contributed by atoms with Gasteiger partial charge in [-0.05, 0) is 50.8 Å². The van der Waals surface area contributed by atoms with Crippen LogP contribution >= 0.6 is 0 Å². The molecule has 1 aliphatic heterocycles. The summed E-state index contributed by atoms with van der Waals surface area (Å²) in [4.78, 5) is 14.1. The molecule has 1 aliphatic rings. The summed E-state index contributed by atoms with van der Waals surface area (Å²) in [6.07, 6.45) is 1.78. The molecule has 0 aromatic heterocycles. The van der Waals surface area contributed by atoms with E-state index in [1.807, 2.05) is 39.0 Å². The van der Waals surface area contributed by atoms with Crippen LogP contribution in [0, 0.1) is 6.92 Å². The zero-order valence-electron chi connectivity index (χ0n) is 13.7. The second-order valence-electron chi connectivity index (χ2n) is 6.10. The molecule has 2 N–H and O–H groups in total. The summed E-state index contributed by atoms with van der Waals surface area (Å²) in [7, 11) is 0. The van der Waals surface area contributed by atoms with Crippen LogP contribution in [0.3, 0.4) is 0 Å². The fourth-order valence-electron chi connectivity index (χ4n) is 2.95. The van der Waals surface area contributed by atoms with Gasteiger partial charge in [0.2, 0.25) is 0 Å². The summed E-state index contributed by atoms with van der Waals surface area (Å²) < 4.78 is 5.52. The lowest BCUT2D eigenvalue weighted by molar-refractivity contribution is 0.0973. The van der Waals surface area contributed by atoms with Crippen molar-refractivity contribution in [2.45, 2.75) is 45.7 Å². The molecule has 0 bridgehead atoms. The number of ether oxygens (including phenoxy) is 1. The van der Waals surface area contributed by atoms with Crippen molar-refractivity contribution in [1.82, 2.24) is 10.2 Å². The topological polar surface area (TPSA) is 61.8 Å². The van der Waals surface area contributed by atoms with E-state index in [-0.39, 0.29) is 12.6 Å². The van der Waals surface area contributed by atoms with Crippen molar-refractivity contribution in [3.63, 3.8) is 0 Å². The molecular weight excluding hydrogens is 280 g/mol. The van der Waals surface area contributed by atoms with Gasteiger partial charge in [-0.2, -0.15) is 0 Å². The largest absolute Gasteiger partial charge is 0.494 e. The van der Waals surface area contributed by atoms with E-state index in [0.717, 1.165) is 29.7 Å². The van der Waals surface area contributed by atoms with Gasteiger partial charge in [-0.15, -0.1) is 0 Å². The summed E-state index contributed by atoms with van der Waals surface area (Å²) in [5.41, 5.74) is 1.67. The van der Waals surface area contributed by atoms with Gasteiger partial charge in [-0.1, -0.05) is 12.1 Å². The van der Waals surface area contributed by atoms with E-state index < -0.39 is 5.54 Å². The second kappa shape index (κ2) is 7.01. The number of benzene rings is 1. The minimum atomic E-state index is -0.432. The van der Waals surface area contributed by atoms with Gasteiger partial charge in [0.15, 0.2) is 0 Å². The molecule has 1 fully saturated rings. The summed E-state index contributed by atoms with van der Waals surface area (Å²) in [6, 6.07) is 5.82. The highest BCUT2D eigenvalue weighted by atomic mass is 16.5. The van der Waals surface area contributed by atoms with E-state index in [9.17, 15) is 9.90 Å². The zero-order chi connectivity index (χ0) is 16.2. The van der Waals surface area contributed by atoms with Crippen LogP contribution in [-0.2, 0) is 6.54 Å². The average molecular weight is 306 g/mol. The third kappa shape index (κ3) is 3.53. The van der Waals surface area contributed by atoms with Crippen molar-refractivity contribution in [3.05, 3.63) is 29.3 Å². The van der Waals surface area contributed by atoms with Crippen LogP contribution in [0.4, 0.5) is 4.79 Å². The number of aryl methyl sites for hydroxylation is 1. The number of aliphatic hydroxyl groups is 1. The van der Waals surface area contributed by atoms with Crippen LogP contribution in [0.1, 0.15) is 37.8 Å². The molecule has 1 unspecified atom stereocenters. The number of hydrogen-bond acceptors (Lipinski definition) is 3. The van der Waals surface area contributed by atoms with E-state index in [1.165, 1.54) is 0 Å². The Morgan fingerprint density at radius 1 is 1.50 bits per heavy atom. The van der Waals surface area contributed by atoms with Gasteiger partial charge in [-0.25, -0.2) is 4.79 Å². The molecule has 2 amide bonds. The summed E-state index contributed by atoms with van der Waals surface area (Å²) in [6.45, 7) is 7.71. The Morgan fingerprint density at radius 2 is 2.27 bits per heavy atom. The number of carbonyl (C=O) groups excluding carboxylic acids is 1. The van der Waals surface area contributed by atoms with Crippen molar-refractivity contribution in [3.8, 4) is 5.75 Å². The maximum Gasteiger partial charge on any atom is 0.318 e. The first-order valence-corrected chi connectivity index (χ1v) is 7.89. The normalized spacial score (nSPS) is 21.0. The highest BCUT2D eigenvalue weighted by molar-refractivity contribution is 5.75. The molecule has 1 saturated heterocycles. The third-order valence-electron chi connectivity index (χ3n) is 4.32. The van der Waals surface area contributed by atoms with Gasteiger partial charge in [0, 0.05) is 13.1 Å². The Balaban J connectivity index is 1.95. The van der Waals surface area contributed by atoms with Crippen molar-refractivity contribution < 1.29 is 14.6 Å². The lowest BCUT2D eigenvalue weighted by Crippen LogP contribution is -2.51. The number of hydrogen-bond donors (Lipinski definition) is 2. The quantitative estimate of drug-likeness (QED) is 0.878. The zero-order valence-corrected chi connectivity index (χ0v) is 13.7. The van der Waals surface area contributed by atoms with Gasteiger partial charge in [0.05, 0.1) is 18.8 Å². The molecule has 0 saturated carbocycles. The van der Waals surface area contributed by atoms with Crippen molar-refractivity contribution in [2.24, 2.45) is 0 Å². The molecule has 1 aromatic rings. The number of nitrogens with one attached hydrogen (secondary N) is 1. The second-order valence-corrected chi connectivity index (χ2v) is 6.10. The maximum absolute atomic E-state index is 12.3. The number of carbonyl (C=O) groups is 1. The molecule has 5 heteroatoms. The van der Waals surface area contributed by atoms with E-state index >= 15 is 0 Å².